The summed E-state index contributed by atoms with van der Waals surface area (Å²) in [7, 11) is 0. The number of hydrogen-bond donors (Lipinski definition) is 0. The fourth-order valence-electron chi connectivity index (χ4n) is 3.12. The summed E-state index contributed by atoms with van der Waals surface area (Å²) < 4.78 is 27.1. The van der Waals surface area contributed by atoms with Gasteiger partial charge in [0.15, 0.2) is 0 Å². The lowest BCUT2D eigenvalue weighted by Crippen LogP contribution is -2.49. The Hall–Kier alpha value is -2.43. The molecule has 3 rings (SSSR count). The zero-order valence-electron chi connectivity index (χ0n) is 13.1. The van der Waals surface area contributed by atoms with Crippen molar-refractivity contribution in [1.29, 1.82) is 0 Å². The molecular formula is C18H18F2N2O. The Morgan fingerprint density at radius 2 is 1.87 bits per heavy atom. The number of hydrogen-bond acceptors (Lipinski definition) is 2. The van der Waals surface area contributed by atoms with Crippen LogP contribution < -0.4 is 9.80 Å². The van der Waals surface area contributed by atoms with Crippen molar-refractivity contribution in [1.82, 2.24) is 0 Å². The first-order valence-electron chi connectivity index (χ1n) is 7.65. The van der Waals surface area contributed by atoms with Crippen LogP contribution in [-0.2, 0) is 0 Å². The Balaban J connectivity index is 2.04. The summed E-state index contributed by atoms with van der Waals surface area (Å²) in [5.41, 5.74) is 1.59. The molecule has 0 aromatic heterocycles. The van der Waals surface area contributed by atoms with Crippen LogP contribution in [0, 0.1) is 11.6 Å². The number of carbonyl (C=O) groups excluding carboxylic acids is 1. The van der Waals surface area contributed by atoms with Crippen LogP contribution in [0.5, 0.6) is 0 Å². The van der Waals surface area contributed by atoms with Gasteiger partial charge in [0.25, 0.3) is 5.91 Å². The quantitative estimate of drug-likeness (QED) is 0.840. The average molecular weight is 316 g/mol. The normalized spacial score (nSPS) is 17.1. The second-order valence-corrected chi connectivity index (χ2v) is 5.66. The summed E-state index contributed by atoms with van der Waals surface area (Å²) in [4.78, 5) is 16.6. The molecule has 0 fully saturated rings. The second kappa shape index (κ2) is 5.99. The lowest BCUT2D eigenvalue weighted by molar-refractivity contribution is 0.0980. The minimum atomic E-state index is -0.835. The number of benzene rings is 2. The number of amides is 1. The van der Waals surface area contributed by atoms with E-state index in [2.05, 4.69) is 11.8 Å². The van der Waals surface area contributed by atoms with Gasteiger partial charge in [-0.05, 0) is 38.1 Å². The van der Waals surface area contributed by atoms with Gasteiger partial charge in [-0.25, -0.2) is 8.78 Å². The van der Waals surface area contributed by atoms with E-state index in [-0.39, 0.29) is 11.6 Å². The monoisotopic (exact) mass is 316 g/mol. The van der Waals surface area contributed by atoms with Crippen LogP contribution in [0.2, 0.25) is 0 Å². The minimum absolute atomic E-state index is 0.113. The standard InChI is InChI=1S/C18H18F2N2O/c1-3-21-12(2)11-22(17-7-5-4-6-16(17)21)18(23)14-9-8-13(19)10-15(14)20/h4-10,12H,3,11H2,1-2H3. The van der Waals surface area contributed by atoms with Crippen molar-refractivity contribution in [2.24, 2.45) is 0 Å². The summed E-state index contributed by atoms with van der Waals surface area (Å²) in [6.45, 7) is 5.37. The SMILES string of the molecule is CCN1c2ccccc2N(C(=O)c2ccc(F)cc2F)CC1C. The lowest BCUT2D eigenvalue weighted by atomic mass is 10.1. The summed E-state index contributed by atoms with van der Waals surface area (Å²) in [5.74, 6) is -1.97. The molecule has 0 saturated carbocycles. The molecule has 1 amide bonds. The molecule has 0 aliphatic carbocycles. The third kappa shape index (κ3) is 2.67. The Morgan fingerprint density at radius 3 is 2.52 bits per heavy atom. The van der Waals surface area contributed by atoms with Crippen LogP contribution in [0.1, 0.15) is 24.2 Å². The van der Waals surface area contributed by atoms with E-state index < -0.39 is 17.5 Å². The van der Waals surface area contributed by atoms with E-state index in [1.807, 2.05) is 31.2 Å². The van der Waals surface area contributed by atoms with Gasteiger partial charge in [-0.2, -0.15) is 0 Å². The predicted octanol–water partition coefficient (Wildman–Crippen LogP) is 3.84. The molecule has 3 nitrogen and oxygen atoms in total. The minimum Gasteiger partial charge on any atom is -0.366 e. The van der Waals surface area contributed by atoms with Gasteiger partial charge in [-0.15, -0.1) is 0 Å². The first-order valence-corrected chi connectivity index (χ1v) is 7.65. The van der Waals surface area contributed by atoms with E-state index >= 15 is 0 Å². The average Bonchev–Trinajstić information content (AvgIpc) is 2.53. The molecule has 5 heteroatoms. The third-order valence-corrected chi connectivity index (χ3v) is 4.21. The molecule has 2 aromatic carbocycles. The van der Waals surface area contributed by atoms with Gasteiger partial charge in [0.1, 0.15) is 11.6 Å². The third-order valence-electron chi connectivity index (χ3n) is 4.21. The van der Waals surface area contributed by atoms with Crippen molar-refractivity contribution >= 4 is 17.3 Å². The maximum absolute atomic E-state index is 14.0. The van der Waals surface area contributed by atoms with E-state index in [1.165, 1.54) is 6.07 Å². The van der Waals surface area contributed by atoms with Gasteiger partial charge >= 0.3 is 0 Å². The molecule has 1 heterocycles. The highest BCUT2D eigenvalue weighted by molar-refractivity contribution is 6.08. The summed E-state index contributed by atoms with van der Waals surface area (Å²) in [5, 5.41) is 0. The maximum atomic E-state index is 14.0. The summed E-state index contributed by atoms with van der Waals surface area (Å²) >= 11 is 0. The number of carbonyl (C=O) groups is 1. The number of halogens is 2. The molecule has 23 heavy (non-hydrogen) atoms. The molecule has 0 radical (unpaired) electrons. The van der Waals surface area contributed by atoms with Crippen molar-refractivity contribution in [3.8, 4) is 0 Å². The molecule has 1 aliphatic heterocycles. The van der Waals surface area contributed by atoms with Crippen LogP contribution in [0.25, 0.3) is 0 Å². The lowest BCUT2D eigenvalue weighted by Gasteiger charge is -2.42. The zero-order chi connectivity index (χ0) is 16.6. The molecule has 0 N–H and O–H groups in total. The zero-order valence-corrected chi connectivity index (χ0v) is 13.1. The van der Waals surface area contributed by atoms with Crippen LogP contribution in [0.15, 0.2) is 42.5 Å². The molecule has 0 saturated heterocycles. The summed E-state index contributed by atoms with van der Waals surface area (Å²) in [6, 6.07) is 10.7. The van der Waals surface area contributed by atoms with Gasteiger partial charge in [0, 0.05) is 25.2 Å². The molecule has 1 unspecified atom stereocenters. The van der Waals surface area contributed by atoms with E-state index in [0.29, 0.717) is 6.54 Å². The Morgan fingerprint density at radius 1 is 1.17 bits per heavy atom. The molecule has 2 aromatic rings. The van der Waals surface area contributed by atoms with Crippen LogP contribution in [-0.4, -0.2) is 25.0 Å². The molecular weight excluding hydrogens is 298 g/mol. The number of fused-ring (bicyclic) bond motifs is 1. The number of likely N-dealkylation sites (N-methyl/N-ethyl adjacent to an activating group) is 1. The van der Waals surface area contributed by atoms with Crippen LogP contribution >= 0.6 is 0 Å². The van der Waals surface area contributed by atoms with Crippen molar-refractivity contribution in [3.05, 3.63) is 59.7 Å². The van der Waals surface area contributed by atoms with Gasteiger partial charge in [0.05, 0.1) is 16.9 Å². The number of anilines is 2. The fourth-order valence-corrected chi connectivity index (χ4v) is 3.12. The topological polar surface area (TPSA) is 23.6 Å². The number of rotatable bonds is 2. The van der Waals surface area contributed by atoms with Gasteiger partial charge in [-0.1, -0.05) is 12.1 Å². The molecule has 0 spiro atoms. The van der Waals surface area contributed by atoms with E-state index in [9.17, 15) is 13.6 Å². The first-order chi connectivity index (χ1) is 11.0. The van der Waals surface area contributed by atoms with E-state index in [1.54, 1.807) is 4.90 Å². The smallest absolute Gasteiger partial charge is 0.261 e. The van der Waals surface area contributed by atoms with Gasteiger partial charge < -0.3 is 9.80 Å². The Kier molecular flexibility index (Phi) is 4.03. The highest BCUT2D eigenvalue weighted by Crippen LogP contribution is 2.36. The van der Waals surface area contributed by atoms with E-state index in [4.69, 9.17) is 0 Å². The van der Waals surface area contributed by atoms with Crippen molar-refractivity contribution < 1.29 is 13.6 Å². The molecule has 120 valence electrons. The largest absolute Gasteiger partial charge is 0.366 e. The molecule has 1 atom stereocenters. The highest BCUT2D eigenvalue weighted by Gasteiger charge is 2.31. The summed E-state index contributed by atoms with van der Waals surface area (Å²) in [6.07, 6.45) is 0. The van der Waals surface area contributed by atoms with Crippen molar-refractivity contribution in [3.63, 3.8) is 0 Å². The van der Waals surface area contributed by atoms with Crippen LogP contribution in [0.3, 0.4) is 0 Å². The molecule has 0 bridgehead atoms. The second-order valence-electron chi connectivity index (χ2n) is 5.66. The Labute approximate surface area is 134 Å². The van der Waals surface area contributed by atoms with Gasteiger partial charge in [0.2, 0.25) is 0 Å². The number of para-hydroxylation sites is 2. The van der Waals surface area contributed by atoms with Crippen molar-refractivity contribution in [2.75, 3.05) is 22.9 Å². The van der Waals surface area contributed by atoms with Gasteiger partial charge in [-0.3, -0.25) is 4.79 Å². The van der Waals surface area contributed by atoms with Crippen molar-refractivity contribution in [2.45, 2.75) is 19.9 Å². The van der Waals surface area contributed by atoms with Crippen LogP contribution in [0.4, 0.5) is 20.2 Å². The predicted molar refractivity (Wildman–Crippen MR) is 87.0 cm³/mol. The fraction of sp³-hybridized carbons (Fsp3) is 0.278. The first kappa shape index (κ1) is 15.5. The highest BCUT2D eigenvalue weighted by atomic mass is 19.1. The number of nitrogens with zero attached hydrogens (tertiary/aromatic N) is 2. The molecule has 1 aliphatic rings. The van der Waals surface area contributed by atoms with E-state index in [0.717, 1.165) is 30.1 Å². The maximum Gasteiger partial charge on any atom is 0.261 e. The Bertz CT molecular complexity index is 748.